The molecule has 0 aromatic heterocycles. The van der Waals surface area contributed by atoms with Crippen molar-refractivity contribution in [3.63, 3.8) is 0 Å². The molecule has 8 N–H and O–H groups in total. The lowest BCUT2D eigenvalue weighted by Gasteiger charge is -2.40. The molecule has 11 heteroatoms. The molecule has 1 heterocycles. The van der Waals surface area contributed by atoms with E-state index in [4.69, 9.17) is 9.47 Å². The largest absolute Gasteiger partial charge is 0.394 e. The van der Waals surface area contributed by atoms with Gasteiger partial charge >= 0.3 is 0 Å². The molecule has 1 saturated heterocycles. The van der Waals surface area contributed by atoms with Gasteiger partial charge in [0.1, 0.15) is 36.6 Å². The van der Waals surface area contributed by atoms with Crippen LogP contribution in [0.15, 0.2) is 12.2 Å². The second-order valence-electron chi connectivity index (χ2n) is 24.3. The quantitative estimate of drug-likeness (QED) is 0.0215. The van der Waals surface area contributed by atoms with Gasteiger partial charge in [-0.05, 0) is 38.5 Å². The molecule has 1 rings (SSSR count). The van der Waals surface area contributed by atoms with Gasteiger partial charge in [-0.25, -0.2) is 0 Å². The maximum Gasteiger partial charge on any atom is 0.249 e. The van der Waals surface area contributed by atoms with Gasteiger partial charge < -0.3 is 50.5 Å². The van der Waals surface area contributed by atoms with Gasteiger partial charge in [-0.15, -0.1) is 0 Å². The number of carbonyl (C=O) groups is 1. The van der Waals surface area contributed by atoms with E-state index in [-0.39, 0.29) is 6.42 Å². The summed E-state index contributed by atoms with van der Waals surface area (Å²) in [6, 6.07) is -1.17. The van der Waals surface area contributed by atoms with E-state index in [0.29, 0.717) is 19.3 Å². The Morgan fingerprint density at radius 3 is 1.08 bits per heavy atom. The van der Waals surface area contributed by atoms with Crippen LogP contribution >= 0.6 is 0 Å². The number of allylic oxidation sites excluding steroid dienone is 2. The number of amides is 1. The fourth-order valence-electron chi connectivity index (χ4n) is 11.3. The van der Waals surface area contributed by atoms with Crippen LogP contribution in [0.25, 0.3) is 0 Å². The first-order chi connectivity index (χ1) is 38.2. The van der Waals surface area contributed by atoms with Gasteiger partial charge in [-0.1, -0.05) is 315 Å². The summed E-state index contributed by atoms with van der Waals surface area (Å²) in [5.74, 6) is -0.695. The highest BCUT2D eigenvalue weighted by atomic mass is 16.7. The second-order valence-corrected chi connectivity index (χ2v) is 24.3. The van der Waals surface area contributed by atoms with Crippen molar-refractivity contribution in [2.45, 2.75) is 396 Å². The van der Waals surface area contributed by atoms with Crippen molar-refractivity contribution < 1.29 is 50.0 Å². The van der Waals surface area contributed by atoms with Gasteiger partial charge in [-0.3, -0.25) is 4.79 Å². The minimum absolute atomic E-state index is 0.256. The van der Waals surface area contributed by atoms with Gasteiger partial charge in [0, 0.05) is 0 Å². The summed E-state index contributed by atoms with van der Waals surface area (Å²) < 4.78 is 11.2. The first-order valence-electron chi connectivity index (χ1n) is 34.1. The summed E-state index contributed by atoms with van der Waals surface area (Å²) in [7, 11) is 0. The molecule has 9 unspecified atom stereocenters. The number of carbonyl (C=O) groups excluding carboxylic acids is 1. The Morgan fingerprint density at radius 2 is 0.744 bits per heavy atom. The monoisotopic (exact) mass is 1110 g/mol. The van der Waals surface area contributed by atoms with Crippen LogP contribution < -0.4 is 5.32 Å². The molecule has 0 saturated carbocycles. The summed E-state index contributed by atoms with van der Waals surface area (Å²) in [5, 5.41) is 76.4. The lowest BCUT2D eigenvalue weighted by molar-refractivity contribution is -0.303. The van der Waals surface area contributed by atoms with Crippen LogP contribution in [0, 0.1) is 0 Å². The zero-order chi connectivity index (χ0) is 56.8. The molecule has 1 aliphatic heterocycles. The molecule has 0 radical (unpaired) electrons. The Balaban J connectivity index is 2.18. The number of aliphatic hydroxyl groups is 7. The molecular formula is C67H131NO10. The summed E-state index contributed by atoms with van der Waals surface area (Å²) in [6.45, 7) is 3.51. The molecule has 0 aromatic rings. The van der Waals surface area contributed by atoms with Crippen LogP contribution in [0.3, 0.4) is 0 Å². The van der Waals surface area contributed by atoms with Crippen LogP contribution in [0.2, 0.25) is 0 Å². The molecule has 0 bridgehead atoms. The standard InChI is InChI=1S/C67H131NO10/c1-3-5-7-9-11-13-15-17-19-21-23-24-25-26-27-28-29-30-31-32-33-34-35-37-38-40-42-44-46-48-50-52-54-59(70)62(72)58(57-77-67-65(75)64(74)63(73)61(56-69)78-67)68-66(76)60(71)55-53-51-49-47-45-43-41-39-36-22-20-18-16-14-12-10-8-6-4-2/h36,39,58-65,67,69-75H,3-35,37-38,40-57H2,1-2H3,(H,68,76)/b39-36-. The minimum atomic E-state index is -1.66. The van der Waals surface area contributed by atoms with Crippen LogP contribution in [0.4, 0.5) is 0 Å². The first-order valence-corrected chi connectivity index (χ1v) is 34.1. The molecule has 0 aliphatic carbocycles. The Kier molecular flexibility index (Phi) is 54.1. The van der Waals surface area contributed by atoms with E-state index in [2.05, 4.69) is 31.3 Å². The van der Waals surface area contributed by atoms with Crippen molar-refractivity contribution in [3.05, 3.63) is 12.2 Å². The Bertz CT molecular complexity index is 1270. The van der Waals surface area contributed by atoms with Crippen molar-refractivity contribution in [1.82, 2.24) is 5.32 Å². The van der Waals surface area contributed by atoms with Gasteiger partial charge in [0.05, 0.1) is 25.4 Å². The van der Waals surface area contributed by atoms with E-state index >= 15 is 0 Å². The highest BCUT2D eigenvalue weighted by Gasteiger charge is 2.44. The maximum absolute atomic E-state index is 13.2. The number of ether oxygens (including phenoxy) is 2. The number of unbranched alkanes of at least 4 members (excludes halogenated alkanes) is 46. The number of aliphatic hydroxyl groups excluding tert-OH is 7. The number of hydrogen-bond acceptors (Lipinski definition) is 10. The summed E-state index contributed by atoms with van der Waals surface area (Å²) in [6.07, 6.45) is 57.2. The maximum atomic E-state index is 13.2. The van der Waals surface area contributed by atoms with Crippen LogP contribution in [-0.2, 0) is 14.3 Å². The van der Waals surface area contributed by atoms with Gasteiger partial charge in [0.2, 0.25) is 5.91 Å². The third-order valence-electron chi connectivity index (χ3n) is 16.8. The third-order valence-corrected chi connectivity index (χ3v) is 16.8. The minimum Gasteiger partial charge on any atom is -0.394 e. The van der Waals surface area contributed by atoms with Crippen molar-refractivity contribution >= 4 is 5.91 Å². The molecule has 78 heavy (non-hydrogen) atoms. The number of hydrogen-bond donors (Lipinski definition) is 8. The molecule has 9 atom stereocenters. The smallest absolute Gasteiger partial charge is 0.249 e. The zero-order valence-electron chi connectivity index (χ0n) is 51.2. The van der Waals surface area contributed by atoms with Crippen LogP contribution in [-0.4, -0.2) is 110 Å². The van der Waals surface area contributed by atoms with Crippen LogP contribution in [0.1, 0.15) is 341 Å². The Morgan fingerprint density at radius 1 is 0.436 bits per heavy atom. The molecule has 11 nitrogen and oxygen atoms in total. The second kappa shape index (κ2) is 56.3. The molecule has 0 spiro atoms. The lowest BCUT2D eigenvalue weighted by atomic mass is 9.98. The molecular weight excluding hydrogens is 979 g/mol. The average Bonchev–Trinajstić information content (AvgIpc) is 3.46. The molecule has 1 aliphatic rings. The lowest BCUT2D eigenvalue weighted by Crippen LogP contribution is -2.60. The number of nitrogens with one attached hydrogen (secondary N) is 1. The third kappa shape index (κ3) is 43.5. The SMILES string of the molecule is CCCCCCCCCCC/C=C\CCCCCCCCC(O)C(=O)NC(COC1OC(CO)C(O)C(O)C1O)C(O)C(O)CCCCCCCCCCCCCCCCCCCCCCCCCCCCCCCCCC. The van der Waals surface area contributed by atoms with Crippen molar-refractivity contribution in [1.29, 1.82) is 0 Å². The van der Waals surface area contributed by atoms with E-state index in [1.807, 2.05) is 0 Å². The summed E-state index contributed by atoms with van der Waals surface area (Å²) >= 11 is 0. The number of rotatable bonds is 60. The predicted molar refractivity (Wildman–Crippen MR) is 326 cm³/mol. The highest BCUT2D eigenvalue weighted by molar-refractivity contribution is 5.80. The average molecular weight is 1110 g/mol. The molecule has 464 valence electrons. The molecule has 1 fully saturated rings. The van der Waals surface area contributed by atoms with Crippen LogP contribution in [0.5, 0.6) is 0 Å². The predicted octanol–water partition coefficient (Wildman–Crippen LogP) is 15.9. The fourth-order valence-corrected chi connectivity index (χ4v) is 11.3. The van der Waals surface area contributed by atoms with Gasteiger partial charge in [0.25, 0.3) is 0 Å². The van der Waals surface area contributed by atoms with Gasteiger partial charge in [0.15, 0.2) is 6.29 Å². The molecule has 1 amide bonds. The van der Waals surface area contributed by atoms with E-state index in [9.17, 15) is 40.5 Å². The topological polar surface area (TPSA) is 189 Å². The van der Waals surface area contributed by atoms with Crippen molar-refractivity contribution in [3.8, 4) is 0 Å². The van der Waals surface area contributed by atoms with Gasteiger partial charge in [-0.2, -0.15) is 0 Å². The highest BCUT2D eigenvalue weighted by Crippen LogP contribution is 2.24. The summed E-state index contributed by atoms with van der Waals surface area (Å²) in [5.41, 5.74) is 0. The Hall–Kier alpha value is -1.15. The Labute approximate surface area is 481 Å². The normalized spacial score (nSPS) is 19.4. The van der Waals surface area contributed by atoms with Crippen molar-refractivity contribution in [2.24, 2.45) is 0 Å². The zero-order valence-corrected chi connectivity index (χ0v) is 51.2. The first kappa shape index (κ1) is 74.9. The molecule has 0 aromatic carbocycles. The van der Waals surface area contributed by atoms with E-state index in [1.54, 1.807) is 0 Å². The van der Waals surface area contributed by atoms with E-state index < -0.39 is 74.2 Å². The summed E-state index contributed by atoms with van der Waals surface area (Å²) in [4.78, 5) is 13.2. The van der Waals surface area contributed by atoms with Crippen molar-refractivity contribution in [2.75, 3.05) is 13.2 Å². The fraction of sp³-hybridized carbons (Fsp3) is 0.955. The van der Waals surface area contributed by atoms with E-state index in [1.165, 1.54) is 250 Å². The van der Waals surface area contributed by atoms with E-state index in [0.717, 1.165) is 51.4 Å².